The Balaban J connectivity index is 5.46. The van der Waals surface area contributed by atoms with Crippen LogP contribution in [-0.4, -0.2) is 54.5 Å². The van der Waals surface area contributed by atoms with E-state index in [2.05, 4.69) is 16.1 Å². The minimum absolute atomic E-state index is 0.324. The minimum Gasteiger partial charge on any atom is -0.430 e. The first kappa shape index (κ1) is 23.5. The first-order valence-electron chi connectivity index (χ1n) is 6.20. The van der Waals surface area contributed by atoms with Crippen LogP contribution in [0.5, 0.6) is 0 Å². The van der Waals surface area contributed by atoms with Crippen LogP contribution in [0.1, 0.15) is 13.3 Å². The van der Waals surface area contributed by atoms with Crippen molar-refractivity contribution in [2.75, 3.05) is 7.11 Å². The fraction of sp³-hybridized carbons (Fsp3) is 0.750. The van der Waals surface area contributed by atoms with Gasteiger partial charge in [0.15, 0.2) is 0 Å². The van der Waals surface area contributed by atoms with E-state index in [1.165, 1.54) is 0 Å². The number of esters is 1. The normalized spacial score (nSPS) is 16.3. The van der Waals surface area contributed by atoms with Crippen LogP contribution in [0.4, 0.5) is 39.5 Å². The van der Waals surface area contributed by atoms with E-state index in [1.807, 2.05) is 0 Å². The topological polar surface area (TPSA) is 55.8 Å². The Morgan fingerprint density at radius 1 is 1.04 bits per heavy atom. The predicted molar refractivity (Wildman–Crippen MR) is 63.2 cm³/mol. The summed E-state index contributed by atoms with van der Waals surface area (Å²) in [6, 6.07) is 0. The Hall–Kier alpha value is -1.50. The van der Waals surface area contributed by atoms with Crippen LogP contribution in [0.25, 0.3) is 0 Å². The first-order valence-corrected chi connectivity index (χ1v) is 6.20. The van der Waals surface area contributed by atoms with Gasteiger partial charge in [-0.15, -0.1) is 0 Å². The van der Waals surface area contributed by atoms with Crippen molar-refractivity contribution in [1.82, 2.24) is 0 Å². The maximum atomic E-state index is 13.4. The number of hydrogen-bond donors (Lipinski definition) is 1. The van der Waals surface area contributed by atoms with Crippen molar-refractivity contribution in [3.05, 3.63) is 12.2 Å². The van der Waals surface area contributed by atoms with E-state index in [0.717, 1.165) is 6.92 Å². The Labute approximate surface area is 135 Å². The summed E-state index contributed by atoms with van der Waals surface area (Å²) in [7, 11) is 0.667. The summed E-state index contributed by atoms with van der Waals surface area (Å²) in [6.07, 6.45) is -14.8. The number of halogens is 9. The third-order valence-electron chi connectivity index (χ3n) is 2.79. The number of alkyl halides is 9. The molecule has 0 aliphatic carbocycles. The summed E-state index contributed by atoms with van der Waals surface area (Å²) in [4.78, 5) is 11.2. The van der Waals surface area contributed by atoms with Crippen LogP contribution in [0.2, 0.25) is 0 Å². The molecular formula is C12H13F9O4. The zero-order valence-corrected chi connectivity index (χ0v) is 12.6. The summed E-state index contributed by atoms with van der Waals surface area (Å²) in [6.45, 7) is 4.15. The van der Waals surface area contributed by atoms with Crippen molar-refractivity contribution in [2.24, 2.45) is 0 Å². The summed E-state index contributed by atoms with van der Waals surface area (Å²) in [5.41, 5.74) is -0.324. The van der Waals surface area contributed by atoms with Gasteiger partial charge in [0.1, 0.15) is 6.10 Å². The van der Waals surface area contributed by atoms with Gasteiger partial charge in [-0.1, -0.05) is 6.58 Å². The molecule has 0 aromatic carbocycles. The van der Waals surface area contributed by atoms with Crippen molar-refractivity contribution in [2.45, 2.75) is 49.7 Å². The monoisotopic (exact) mass is 392 g/mol. The lowest BCUT2D eigenvalue weighted by Gasteiger charge is -2.35. The molecule has 25 heavy (non-hydrogen) atoms. The average Bonchev–Trinajstić information content (AvgIpc) is 2.41. The minimum atomic E-state index is -7.08. The molecular weight excluding hydrogens is 379 g/mol. The second-order valence-electron chi connectivity index (χ2n) is 4.91. The van der Waals surface area contributed by atoms with Crippen molar-refractivity contribution in [3.63, 3.8) is 0 Å². The lowest BCUT2D eigenvalue weighted by atomic mass is 9.98. The van der Waals surface area contributed by atoms with Crippen LogP contribution < -0.4 is 0 Å². The van der Waals surface area contributed by atoms with E-state index in [0.29, 0.717) is 7.11 Å². The Bertz CT molecular complexity index is 501. The number of methoxy groups -OCH3 is 1. The van der Waals surface area contributed by atoms with Crippen LogP contribution >= 0.6 is 0 Å². The molecule has 0 fully saturated rings. The number of carbonyl (C=O) groups excluding carboxylic acids is 1. The number of carbonyl (C=O) groups is 1. The van der Waals surface area contributed by atoms with Crippen LogP contribution in [0.3, 0.4) is 0 Å². The standard InChI is InChI=1S/C12H13F9O4/c1-5(2)7(23)25-8(24-3)6(22)4-9(13,14)10(15,16)11(17,18)12(19,20)21/h6,8,22H,1,4H2,2-3H3. The zero-order chi connectivity index (χ0) is 20.4. The highest BCUT2D eigenvalue weighted by Gasteiger charge is 2.81. The molecule has 0 aliphatic rings. The molecule has 2 atom stereocenters. The SMILES string of the molecule is C=C(C)C(=O)OC(OC)C(O)CC(F)(F)C(F)(F)C(F)(F)C(F)(F)F. The molecule has 0 rings (SSSR count). The van der Waals surface area contributed by atoms with Crippen molar-refractivity contribution in [3.8, 4) is 0 Å². The van der Waals surface area contributed by atoms with E-state index >= 15 is 0 Å². The third-order valence-corrected chi connectivity index (χ3v) is 2.79. The van der Waals surface area contributed by atoms with E-state index in [1.54, 1.807) is 0 Å². The van der Waals surface area contributed by atoms with Crippen molar-refractivity contribution >= 4 is 5.97 Å². The summed E-state index contributed by atoms with van der Waals surface area (Å²) >= 11 is 0. The smallest absolute Gasteiger partial charge is 0.430 e. The molecule has 0 saturated heterocycles. The summed E-state index contributed by atoms with van der Waals surface area (Å²) < 4.78 is 123. The highest BCUT2D eigenvalue weighted by Crippen LogP contribution is 2.54. The fourth-order valence-electron chi connectivity index (χ4n) is 1.38. The molecule has 0 radical (unpaired) electrons. The van der Waals surface area contributed by atoms with Crippen LogP contribution in [0.15, 0.2) is 12.2 Å². The maximum absolute atomic E-state index is 13.4. The predicted octanol–water partition coefficient (Wildman–Crippen LogP) is 3.30. The second kappa shape index (κ2) is 7.40. The molecule has 4 nitrogen and oxygen atoms in total. The zero-order valence-electron chi connectivity index (χ0n) is 12.6. The molecule has 0 heterocycles. The molecule has 1 N–H and O–H groups in total. The van der Waals surface area contributed by atoms with Gasteiger partial charge >= 0.3 is 29.9 Å². The van der Waals surface area contributed by atoms with Crippen molar-refractivity contribution < 1.29 is 58.9 Å². The number of hydrogen-bond acceptors (Lipinski definition) is 4. The molecule has 13 heteroatoms. The molecule has 148 valence electrons. The van der Waals surface area contributed by atoms with Gasteiger partial charge in [-0.05, 0) is 6.92 Å². The second-order valence-corrected chi connectivity index (χ2v) is 4.91. The molecule has 0 aromatic rings. The molecule has 0 aromatic heterocycles. The van der Waals surface area contributed by atoms with Crippen molar-refractivity contribution in [1.29, 1.82) is 0 Å². The van der Waals surface area contributed by atoms with E-state index in [4.69, 9.17) is 0 Å². The van der Waals surface area contributed by atoms with Gasteiger partial charge < -0.3 is 14.6 Å². The van der Waals surface area contributed by atoms with Gasteiger partial charge in [-0.2, -0.15) is 39.5 Å². The summed E-state index contributed by atoms with van der Waals surface area (Å²) in [5, 5.41) is 9.34. The lowest BCUT2D eigenvalue weighted by Crippen LogP contribution is -2.62. The number of aliphatic hydroxyl groups is 1. The van der Waals surface area contributed by atoms with E-state index in [-0.39, 0.29) is 5.57 Å². The first-order chi connectivity index (χ1) is 10.9. The largest absolute Gasteiger partial charge is 0.460 e. The Kier molecular flexibility index (Phi) is 6.95. The molecule has 0 bridgehead atoms. The maximum Gasteiger partial charge on any atom is 0.460 e. The number of aliphatic hydroxyl groups excluding tert-OH is 1. The molecule has 2 unspecified atom stereocenters. The molecule has 0 spiro atoms. The van der Waals surface area contributed by atoms with E-state index < -0.39 is 48.7 Å². The molecule has 0 amide bonds. The Morgan fingerprint density at radius 3 is 1.80 bits per heavy atom. The average molecular weight is 392 g/mol. The van der Waals surface area contributed by atoms with Gasteiger partial charge in [0.25, 0.3) is 0 Å². The number of ether oxygens (including phenoxy) is 2. The highest BCUT2D eigenvalue weighted by atomic mass is 19.4. The van der Waals surface area contributed by atoms with Gasteiger partial charge in [0, 0.05) is 19.1 Å². The lowest BCUT2D eigenvalue weighted by molar-refractivity contribution is -0.399. The van der Waals surface area contributed by atoms with Gasteiger partial charge in [-0.3, -0.25) is 0 Å². The fourth-order valence-corrected chi connectivity index (χ4v) is 1.38. The van der Waals surface area contributed by atoms with Gasteiger partial charge in [0.2, 0.25) is 6.29 Å². The molecule has 0 saturated carbocycles. The van der Waals surface area contributed by atoms with Crippen LogP contribution in [0, 0.1) is 0 Å². The highest BCUT2D eigenvalue weighted by molar-refractivity contribution is 5.87. The van der Waals surface area contributed by atoms with Gasteiger partial charge in [0.05, 0.1) is 0 Å². The van der Waals surface area contributed by atoms with E-state index in [9.17, 15) is 49.4 Å². The van der Waals surface area contributed by atoms with Crippen LogP contribution in [-0.2, 0) is 14.3 Å². The Morgan fingerprint density at radius 2 is 1.48 bits per heavy atom. The van der Waals surface area contributed by atoms with Gasteiger partial charge in [-0.25, -0.2) is 4.79 Å². The molecule has 0 aliphatic heterocycles. The summed E-state index contributed by atoms with van der Waals surface area (Å²) in [5.74, 6) is -21.3. The third kappa shape index (κ3) is 4.77. The quantitative estimate of drug-likeness (QED) is 0.298. The number of rotatable bonds is 8.